The third-order valence-electron chi connectivity index (χ3n) is 2.12. The molecule has 0 unspecified atom stereocenters. The Hall–Kier alpha value is -1.67. The Morgan fingerprint density at radius 1 is 1.44 bits per heavy atom. The van der Waals surface area contributed by atoms with Crippen molar-refractivity contribution in [3.05, 3.63) is 29.8 Å². The van der Waals surface area contributed by atoms with Gasteiger partial charge in [0.05, 0.1) is 0 Å². The van der Waals surface area contributed by atoms with E-state index in [1.807, 2.05) is 36.6 Å². The number of carbonyl (C=O) groups is 1. The molecule has 1 aromatic carbocycles. The third kappa shape index (κ3) is 5.60. The van der Waals surface area contributed by atoms with E-state index in [1.54, 1.807) is 0 Å². The van der Waals surface area contributed by atoms with Gasteiger partial charge in [0.2, 0.25) is 0 Å². The number of nitriles is 1. The molecule has 96 valence electrons. The maximum absolute atomic E-state index is 10.9. The maximum atomic E-state index is 10.9. The summed E-state index contributed by atoms with van der Waals surface area (Å²) in [5.41, 5.74) is 1.15. The Bertz CT molecular complexity index is 425. The Balaban J connectivity index is 2.47. The summed E-state index contributed by atoms with van der Waals surface area (Å²) in [4.78, 5) is 10.9. The monoisotopic (exact) mass is 265 g/mol. The second-order valence-electron chi connectivity index (χ2n) is 3.76. The van der Waals surface area contributed by atoms with E-state index in [1.165, 1.54) is 6.92 Å². The highest BCUT2D eigenvalue weighted by Gasteiger charge is 2.13. The summed E-state index contributed by atoms with van der Waals surface area (Å²) in [7, 11) is 0. The molecule has 4 nitrogen and oxygen atoms in total. The predicted molar refractivity (Wildman–Crippen MR) is 70.3 cm³/mol. The molecule has 0 bridgehead atoms. The van der Waals surface area contributed by atoms with Crippen molar-refractivity contribution in [3.63, 3.8) is 0 Å². The number of esters is 1. The number of nitrogens with zero attached hydrogens (tertiary/aromatic N) is 1. The second kappa shape index (κ2) is 7.62. The van der Waals surface area contributed by atoms with Crippen molar-refractivity contribution < 1.29 is 14.3 Å². The summed E-state index contributed by atoms with van der Waals surface area (Å²) in [6.45, 7) is 3.59. The van der Waals surface area contributed by atoms with E-state index < -0.39 is 6.10 Å². The van der Waals surface area contributed by atoms with Crippen LogP contribution in [0.2, 0.25) is 0 Å². The van der Waals surface area contributed by atoms with Crippen LogP contribution in [0.3, 0.4) is 0 Å². The Kier molecular flexibility index (Phi) is 6.09. The van der Waals surface area contributed by atoms with Crippen molar-refractivity contribution in [1.29, 1.82) is 5.26 Å². The van der Waals surface area contributed by atoms with Crippen LogP contribution in [0.25, 0.3) is 0 Å². The van der Waals surface area contributed by atoms with Gasteiger partial charge in [-0.15, -0.1) is 0 Å². The van der Waals surface area contributed by atoms with E-state index >= 15 is 0 Å². The number of thioether (sulfide) groups is 1. The van der Waals surface area contributed by atoms with Crippen LogP contribution in [0.1, 0.15) is 12.5 Å². The minimum atomic E-state index is -0.409. The Morgan fingerprint density at radius 3 is 2.67 bits per heavy atom. The molecule has 0 N–H and O–H groups in total. The van der Waals surface area contributed by atoms with E-state index in [0.29, 0.717) is 5.75 Å². The summed E-state index contributed by atoms with van der Waals surface area (Å²) >= 11 is 1.04. The lowest BCUT2D eigenvalue weighted by Gasteiger charge is -2.16. The number of hydrogen-bond acceptors (Lipinski definition) is 5. The highest BCUT2D eigenvalue weighted by Crippen LogP contribution is 2.13. The van der Waals surface area contributed by atoms with Gasteiger partial charge in [-0.25, -0.2) is 0 Å². The minimum absolute atomic E-state index is 0.247. The van der Waals surface area contributed by atoms with Crippen molar-refractivity contribution in [3.8, 4) is 11.2 Å². The summed E-state index contributed by atoms with van der Waals surface area (Å²) < 4.78 is 10.6. The fourth-order valence-corrected chi connectivity index (χ4v) is 1.73. The Labute approximate surface area is 111 Å². The highest BCUT2D eigenvalue weighted by molar-refractivity contribution is 8.03. The van der Waals surface area contributed by atoms with Gasteiger partial charge in [-0.2, -0.15) is 5.26 Å². The van der Waals surface area contributed by atoms with Gasteiger partial charge < -0.3 is 9.47 Å². The first kappa shape index (κ1) is 14.4. The maximum Gasteiger partial charge on any atom is 0.303 e. The molecule has 0 heterocycles. The van der Waals surface area contributed by atoms with E-state index in [-0.39, 0.29) is 12.6 Å². The van der Waals surface area contributed by atoms with Gasteiger partial charge in [0.15, 0.2) is 0 Å². The van der Waals surface area contributed by atoms with E-state index in [0.717, 1.165) is 23.1 Å². The van der Waals surface area contributed by atoms with E-state index in [2.05, 4.69) is 0 Å². The minimum Gasteiger partial charge on any atom is -0.490 e. The van der Waals surface area contributed by atoms with Gasteiger partial charge in [-0.3, -0.25) is 4.79 Å². The highest BCUT2D eigenvalue weighted by atomic mass is 32.2. The van der Waals surface area contributed by atoms with Crippen LogP contribution in [0, 0.1) is 17.6 Å². The smallest absolute Gasteiger partial charge is 0.303 e. The van der Waals surface area contributed by atoms with E-state index in [9.17, 15) is 4.79 Å². The lowest BCUT2D eigenvalue weighted by molar-refractivity contribution is -0.146. The molecule has 1 atom stereocenters. The Morgan fingerprint density at radius 2 is 2.11 bits per heavy atom. The number of aryl methyl sites for hydroxylation is 1. The molecule has 18 heavy (non-hydrogen) atoms. The number of hydrogen-bond donors (Lipinski definition) is 0. The van der Waals surface area contributed by atoms with Crippen LogP contribution < -0.4 is 4.74 Å². The van der Waals surface area contributed by atoms with Gasteiger partial charge in [0.25, 0.3) is 0 Å². The van der Waals surface area contributed by atoms with Crippen molar-refractivity contribution in [1.82, 2.24) is 0 Å². The number of thiocyanates is 1. The van der Waals surface area contributed by atoms with Crippen LogP contribution in [0.5, 0.6) is 5.75 Å². The molecule has 1 aromatic rings. The molecular formula is C13H15NO3S. The first-order valence-corrected chi connectivity index (χ1v) is 6.48. The molecule has 0 aliphatic rings. The zero-order valence-electron chi connectivity index (χ0n) is 10.4. The summed E-state index contributed by atoms with van der Waals surface area (Å²) in [6.07, 6.45) is -0.409. The third-order valence-corrected chi connectivity index (χ3v) is 2.79. The quantitative estimate of drug-likeness (QED) is 0.584. The van der Waals surface area contributed by atoms with Gasteiger partial charge in [0.1, 0.15) is 23.9 Å². The van der Waals surface area contributed by atoms with Crippen LogP contribution >= 0.6 is 11.8 Å². The van der Waals surface area contributed by atoms with Crippen LogP contribution in [-0.2, 0) is 9.53 Å². The van der Waals surface area contributed by atoms with Crippen molar-refractivity contribution in [2.24, 2.45) is 0 Å². The van der Waals surface area contributed by atoms with Gasteiger partial charge in [-0.1, -0.05) is 17.7 Å². The lowest BCUT2D eigenvalue weighted by atomic mass is 10.2. The number of carbonyl (C=O) groups excluding carboxylic acids is 1. The van der Waals surface area contributed by atoms with Gasteiger partial charge in [0, 0.05) is 12.7 Å². The van der Waals surface area contributed by atoms with E-state index in [4.69, 9.17) is 14.7 Å². The topological polar surface area (TPSA) is 59.3 Å². The molecule has 0 aromatic heterocycles. The average molecular weight is 265 g/mol. The zero-order valence-corrected chi connectivity index (χ0v) is 11.2. The molecule has 0 radical (unpaired) electrons. The molecule has 0 aliphatic heterocycles. The second-order valence-corrected chi connectivity index (χ2v) is 4.56. The molecular weight excluding hydrogens is 250 g/mol. The van der Waals surface area contributed by atoms with Crippen LogP contribution in [-0.4, -0.2) is 24.4 Å². The molecule has 1 rings (SSSR count). The fraction of sp³-hybridized carbons (Fsp3) is 0.385. The molecule has 0 saturated heterocycles. The zero-order chi connectivity index (χ0) is 13.4. The summed E-state index contributed by atoms with van der Waals surface area (Å²) in [5.74, 6) is 0.757. The van der Waals surface area contributed by atoms with Gasteiger partial charge >= 0.3 is 5.97 Å². The SMILES string of the molecule is CC(=O)O[C@@H](COc1ccc(C)cc1)CSC#N. The number of rotatable bonds is 6. The van der Waals surface area contributed by atoms with Crippen molar-refractivity contribution in [2.45, 2.75) is 20.0 Å². The predicted octanol–water partition coefficient (Wildman–Crippen LogP) is 2.52. The fourth-order valence-electron chi connectivity index (χ4n) is 1.30. The molecule has 5 heteroatoms. The summed E-state index contributed by atoms with van der Waals surface area (Å²) in [5, 5.41) is 10.4. The molecule has 0 saturated carbocycles. The number of ether oxygens (including phenoxy) is 2. The molecule has 0 fully saturated rings. The first-order valence-electron chi connectivity index (χ1n) is 5.49. The standard InChI is InChI=1S/C13H15NO3S/c1-10-3-5-12(6-4-10)16-7-13(8-18-9-14)17-11(2)15/h3-6,13H,7-8H2,1-2H3/t13-/m0/s1. The normalized spacial score (nSPS) is 11.4. The van der Waals surface area contributed by atoms with Crippen molar-refractivity contribution >= 4 is 17.7 Å². The summed E-state index contributed by atoms with van der Waals surface area (Å²) in [6, 6.07) is 7.61. The first-order chi connectivity index (χ1) is 8.61. The number of benzene rings is 1. The average Bonchev–Trinajstić information content (AvgIpc) is 2.34. The molecule has 0 aliphatic carbocycles. The van der Waals surface area contributed by atoms with Crippen LogP contribution in [0.15, 0.2) is 24.3 Å². The molecule has 0 amide bonds. The molecule has 0 spiro atoms. The van der Waals surface area contributed by atoms with Gasteiger partial charge in [-0.05, 0) is 30.8 Å². The largest absolute Gasteiger partial charge is 0.490 e. The van der Waals surface area contributed by atoms with Crippen LogP contribution in [0.4, 0.5) is 0 Å². The lowest BCUT2D eigenvalue weighted by Crippen LogP contribution is -2.26. The van der Waals surface area contributed by atoms with Crippen molar-refractivity contribution in [2.75, 3.05) is 12.4 Å².